The van der Waals surface area contributed by atoms with Crippen molar-refractivity contribution in [3.63, 3.8) is 0 Å². The molecule has 0 radical (unpaired) electrons. The van der Waals surface area contributed by atoms with Gasteiger partial charge in [0.15, 0.2) is 0 Å². The lowest BCUT2D eigenvalue weighted by Crippen LogP contribution is -2.45. The highest BCUT2D eigenvalue weighted by Crippen LogP contribution is 2.27. The molecule has 3 aromatic rings. The molecule has 1 unspecified atom stereocenters. The van der Waals surface area contributed by atoms with Crippen molar-refractivity contribution < 1.29 is 9.53 Å². The molecule has 1 atom stereocenters. The van der Waals surface area contributed by atoms with Crippen LogP contribution in [0.2, 0.25) is 0 Å². The summed E-state index contributed by atoms with van der Waals surface area (Å²) in [5.74, 6) is 0.762. The third-order valence-corrected chi connectivity index (χ3v) is 5.29. The van der Waals surface area contributed by atoms with Crippen molar-refractivity contribution in [2.45, 2.75) is 25.4 Å². The fourth-order valence-electron chi connectivity index (χ4n) is 3.76. The number of ether oxygens (including phenoxy) is 1. The molecule has 0 spiro atoms. The second-order valence-electron chi connectivity index (χ2n) is 7.46. The summed E-state index contributed by atoms with van der Waals surface area (Å²) in [4.78, 5) is 15.2. The largest absolute Gasteiger partial charge is 0.497 e. The number of aromatic nitrogens is 2. The van der Waals surface area contributed by atoms with Gasteiger partial charge < -0.3 is 15.4 Å². The molecule has 0 bridgehead atoms. The molecule has 1 fully saturated rings. The van der Waals surface area contributed by atoms with E-state index in [4.69, 9.17) is 15.6 Å². The Morgan fingerprint density at radius 2 is 1.93 bits per heavy atom. The quantitative estimate of drug-likeness (QED) is 0.726. The molecule has 1 aromatic heterocycles. The molecule has 1 saturated heterocycles. The molecule has 2 aromatic carbocycles. The van der Waals surface area contributed by atoms with Gasteiger partial charge in [0.25, 0.3) is 5.91 Å². The molecule has 1 aliphatic rings. The molecule has 2 heterocycles. The third-order valence-electron chi connectivity index (χ3n) is 5.29. The zero-order valence-electron chi connectivity index (χ0n) is 16.6. The van der Waals surface area contributed by atoms with Crippen molar-refractivity contribution in [3.8, 4) is 17.0 Å². The minimum absolute atomic E-state index is 0.00900. The average Bonchev–Trinajstić information content (AvgIpc) is 3.17. The van der Waals surface area contributed by atoms with Gasteiger partial charge in [-0.1, -0.05) is 30.3 Å². The van der Waals surface area contributed by atoms with Gasteiger partial charge in [-0.25, -0.2) is 0 Å². The number of hydrogen-bond donors (Lipinski definition) is 1. The number of carbonyl (C=O) groups is 1. The van der Waals surface area contributed by atoms with Crippen molar-refractivity contribution >= 4 is 5.91 Å². The van der Waals surface area contributed by atoms with Crippen molar-refractivity contribution in [3.05, 3.63) is 71.9 Å². The minimum atomic E-state index is -0.00900. The maximum absolute atomic E-state index is 13.3. The van der Waals surface area contributed by atoms with E-state index in [1.165, 1.54) is 0 Å². The lowest BCUT2D eigenvalue weighted by Gasteiger charge is -2.30. The molecule has 0 saturated carbocycles. The van der Waals surface area contributed by atoms with E-state index in [1.807, 2.05) is 58.2 Å². The Kier molecular flexibility index (Phi) is 5.62. The number of likely N-dealkylation sites (tertiary alicyclic amines) is 1. The monoisotopic (exact) mass is 390 g/mol. The summed E-state index contributed by atoms with van der Waals surface area (Å²) >= 11 is 0. The van der Waals surface area contributed by atoms with Crippen LogP contribution in [0.15, 0.2) is 60.8 Å². The Hall–Kier alpha value is -3.12. The van der Waals surface area contributed by atoms with Crippen LogP contribution in [0.3, 0.4) is 0 Å². The zero-order chi connectivity index (χ0) is 20.2. The molecule has 150 valence electrons. The van der Waals surface area contributed by atoms with Crippen LogP contribution >= 0.6 is 0 Å². The molecular formula is C23H26N4O2. The Balaban J connectivity index is 1.69. The maximum Gasteiger partial charge on any atom is 0.257 e. The summed E-state index contributed by atoms with van der Waals surface area (Å²) in [6.07, 6.45) is 3.75. The van der Waals surface area contributed by atoms with E-state index in [1.54, 1.807) is 7.11 Å². The predicted octanol–water partition coefficient (Wildman–Crippen LogP) is 3.17. The number of rotatable bonds is 5. The molecule has 6 heteroatoms. The smallest absolute Gasteiger partial charge is 0.257 e. The Labute approximate surface area is 170 Å². The van der Waals surface area contributed by atoms with Crippen LogP contribution in [0, 0.1) is 0 Å². The van der Waals surface area contributed by atoms with Crippen LogP contribution in [0.25, 0.3) is 11.3 Å². The fraction of sp³-hybridized carbons (Fsp3) is 0.304. The van der Waals surface area contributed by atoms with E-state index >= 15 is 0 Å². The molecule has 6 nitrogen and oxygen atoms in total. The lowest BCUT2D eigenvalue weighted by atomic mass is 10.0. The Morgan fingerprint density at radius 1 is 1.17 bits per heavy atom. The van der Waals surface area contributed by atoms with Crippen LogP contribution in [0.1, 0.15) is 28.8 Å². The highest BCUT2D eigenvalue weighted by molar-refractivity contribution is 6.00. The van der Waals surface area contributed by atoms with Gasteiger partial charge in [-0.3, -0.25) is 9.48 Å². The van der Waals surface area contributed by atoms with Gasteiger partial charge in [-0.05, 0) is 42.7 Å². The summed E-state index contributed by atoms with van der Waals surface area (Å²) in [5.41, 5.74) is 9.43. The number of methoxy groups -OCH3 is 1. The van der Waals surface area contributed by atoms with Crippen LogP contribution in [0.5, 0.6) is 5.75 Å². The summed E-state index contributed by atoms with van der Waals surface area (Å²) in [5, 5.41) is 4.76. The van der Waals surface area contributed by atoms with Crippen molar-refractivity contribution in [2.75, 3.05) is 20.2 Å². The second-order valence-corrected chi connectivity index (χ2v) is 7.46. The minimum Gasteiger partial charge on any atom is -0.497 e. The van der Waals surface area contributed by atoms with Gasteiger partial charge >= 0.3 is 0 Å². The van der Waals surface area contributed by atoms with E-state index in [2.05, 4.69) is 12.1 Å². The van der Waals surface area contributed by atoms with Gasteiger partial charge in [0, 0.05) is 30.9 Å². The van der Waals surface area contributed by atoms with Crippen LogP contribution in [-0.2, 0) is 6.54 Å². The van der Waals surface area contributed by atoms with Gasteiger partial charge in [0.1, 0.15) is 11.4 Å². The van der Waals surface area contributed by atoms with Gasteiger partial charge in [-0.2, -0.15) is 5.10 Å². The summed E-state index contributed by atoms with van der Waals surface area (Å²) < 4.78 is 7.10. The summed E-state index contributed by atoms with van der Waals surface area (Å²) in [6.45, 7) is 1.93. The first-order valence-electron chi connectivity index (χ1n) is 9.94. The van der Waals surface area contributed by atoms with Crippen molar-refractivity contribution in [2.24, 2.45) is 5.73 Å². The molecule has 2 N–H and O–H groups in total. The van der Waals surface area contributed by atoms with Gasteiger partial charge in [0.2, 0.25) is 0 Å². The number of nitrogens with zero attached hydrogens (tertiary/aromatic N) is 3. The number of amides is 1. The second kappa shape index (κ2) is 8.49. The number of benzene rings is 2. The Bertz CT molecular complexity index is 966. The molecule has 1 aliphatic heterocycles. The van der Waals surface area contributed by atoms with E-state index in [-0.39, 0.29) is 11.9 Å². The van der Waals surface area contributed by atoms with Crippen molar-refractivity contribution in [1.29, 1.82) is 0 Å². The first kappa shape index (κ1) is 19.2. The van der Waals surface area contributed by atoms with E-state index in [0.29, 0.717) is 24.3 Å². The number of nitrogens with two attached hydrogens (primary N) is 1. The van der Waals surface area contributed by atoms with Crippen LogP contribution in [-0.4, -0.2) is 46.8 Å². The standard InChI is InChI=1S/C23H26N4O2/c1-29-20-11-9-18(10-12-20)22-21(23(28)26-13-5-8-19(24)15-26)16-27(25-22)14-17-6-3-2-4-7-17/h2-4,6-7,9-12,16,19H,5,8,13-15,24H2,1H3. The summed E-state index contributed by atoms with van der Waals surface area (Å²) in [7, 11) is 1.64. The fourth-order valence-corrected chi connectivity index (χ4v) is 3.76. The van der Waals surface area contributed by atoms with E-state index < -0.39 is 0 Å². The normalized spacial score (nSPS) is 16.6. The SMILES string of the molecule is COc1ccc(-c2nn(Cc3ccccc3)cc2C(=O)N2CCCC(N)C2)cc1. The highest BCUT2D eigenvalue weighted by Gasteiger charge is 2.26. The number of piperidine rings is 1. The highest BCUT2D eigenvalue weighted by atomic mass is 16.5. The molecule has 0 aliphatic carbocycles. The average molecular weight is 390 g/mol. The number of hydrogen-bond acceptors (Lipinski definition) is 4. The predicted molar refractivity (Wildman–Crippen MR) is 113 cm³/mol. The summed E-state index contributed by atoms with van der Waals surface area (Å²) in [6, 6.07) is 17.8. The van der Waals surface area contributed by atoms with Gasteiger partial charge in [0.05, 0.1) is 19.2 Å². The Morgan fingerprint density at radius 3 is 2.62 bits per heavy atom. The lowest BCUT2D eigenvalue weighted by molar-refractivity contribution is 0.0709. The third kappa shape index (κ3) is 4.32. The van der Waals surface area contributed by atoms with Crippen molar-refractivity contribution in [1.82, 2.24) is 14.7 Å². The van der Waals surface area contributed by atoms with Crippen LogP contribution in [0.4, 0.5) is 0 Å². The molecule has 29 heavy (non-hydrogen) atoms. The zero-order valence-corrected chi connectivity index (χ0v) is 16.6. The first-order chi connectivity index (χ1) is 14.1. The molecule has 4 rings (SSSR count). The van der Waals surface area contributed by atoms with Crippen LogP contribution < -0.4 is 10.5 Å². The maximum atomic E-state index is 13.3. The molecular weight excluding hydrogens is 364 g/mol. The molecule has 1 amide bonds. The number of carbonyl (C=O) groups excluding carboxylic acids is 1. The van der Waals surface area contributed by atoms with Gasteiger partial charge in [-0.15, -0.1) is 0 Å². The van der Waals surface area contributed by atoms with E-state index in [9.17, 15) is 4.79 Å². The van der Waals surface area contributed by atoms with E-state index in [0.717, 1.165) is 36.3 Å². The first-order valence-corrected chi connectivity index (χ1v) is 9.94. The topological polar surface area (TPSA) is 73.4 Å².